The van der Waals surface area contributed by atoms with Crippen LogP contribution in [0.15, 0.2) is 22.0 Å². The molecule has 2 nitrogen and oxygen atoms in total. The zero-order valence-electron chi connectivity index (χ0n) is 5.63. The highest BCUT2D eigenvalue weighted by Gasteiger charge is 1.94. The molecule has 1 heterocycles. The highest BCUT2D eigenvalue weighted by molar-refractivity contribution is 9.10. The monoisotopic (exact) mass is 252 g/mol. The van der Waals surface area contributed by atoms with Crippen LogP contribution < -0.4 is 0 Å². The lowest BCUT2D eigenvalue weighted by molar-refractivity contribution is 0.959. The van der Waals surface area contributed by atoms with Crippen molar-refractivity contribution >= 4 is 39.3 Å². The van der Waals surface area contributed by atoms with Gasteiger partial charge in [0.2, 0.25) is 0 Å². The number of nitrogens with zero attached hydrogens (tertiary/aromatic N) is 2. The zero-order valence-corrected chi connectivity index (χ0v) is 8.79. The fourth-order valence-corrected chi connectivity index (χ4v) is 1.46. The third-order valence-corrected chi connectivity index (χ3v) is 2.60. The summed E-state index contributed by atoms with van der Waals surface area (Å²) in [6, 6.07) is 0. The molecule has 0 N–H and O–H groups in total. The van der Waals surface area contributed by atoms with Crippen molar-refractivity contribution in [3.63, 3.8) is 0 Å². The Labute approximate surface area is 82.9 Å². The molecule has 5 heteroatoms. The Morgan fingerprint density at radius 3 is 2.64 bits per heavy atom. The molecule has 0 aliphatic rings. The average molecular weight is 254 g/mol. The Morgan fingerprint density at radius 2 is 2.09 bits per heavy atom. The van der Waals surface area contributed by atoms with Crippen LogP contribution in [0.5, 0.6) is 0 Å². The van der Waals surface area contributed by atoms with E-state index >= 15 is 0 Å². The van der Waals surface area contributed by atoms with Crippen LogP contribution in [0, 0.1) is 0 Å². The predicted molar refractivity (Wildman–Crippen MR) is 51.2 cm³/mol. The van der Waals surface area contributed by atoms with Crippen LogP contribution in [-0.2, 0) is 0 Å². The van der Waals surface area contributed by atoms with Crippen LogP contribution in [0.2, 0.25) is 0 Å². The SMILES string of the molecule is ClCCSc1ncc(Br)cn1. The van der Waals surface area contributed by atoms with Gasteiger partial charge in [-0.25, -0.2) is 9.97 Å². The Bertz CT molecular complexity index is 216. The van der Waals surface area contributed by atoms with Crippen molar-refractivity contribution in [3.05, 3.63) is 16.9 Å². The molecular weight excluding hydrogens is 248 g/mol. The molecule has 1 aromatic heterocycles. The predicted octanol–water partition coefficient (Wildman–Crippen LogP) is 2.57. The van der Waals surface area contributed by atoms with Crippen molar-refractivity contribution in [3.8, 4) is 0 Å². The summed E-state index contributed by atoms with van der Waals surface area (Å²) >= 11 is 10.3. The first kappa shape index (κ1) is 9.29. The summed E-state index contributed by atoms with van der Waals surface area (Å²) in [6.45, 7) is 0. The van der Waals surface area contributed by atoms with E-state index in [1.807, 2.05) is 0 Å². The van der Waals surface area contributed by atoms with E-state index in [0.29, 0.717) is 5.88 Å². The van der Waals surface area contributed by atoms with Gasteiger partial charge in [-0.1, -0.05) is 11.8 Å². The lowest BCUT2D eigenvalue weighted by Crippen LogP contribution is -1.87. The number of aromatic nitrogens is 2. The van der Waals surface area contributed by atoms with E-state index in [9.17, 15) is 0 Å². The van der Waals surface area contributed by atoms with Crippen LogP contribution in [-0.4, -0.2) is 21.6 Å². The second kappa shape index (κ2) is 4.95. The normalized spacial score (nSPS) is 10.0. The minimum absolute atomic E-state index is 0.629. The Balaban J connectivity index is 2.52. The van der Waals surface area contributed by atoms with Crippen molar-refractivity contribution in [2.24, 2.45) is 0 Å². The summed E-state index contributed by atoms with van der Waals surface area (Å²) in [6.07, 6.45) is 3.45. The van der Waals surface area contributed by atoms with Crippen molar-refractivity contribution in [2.45, 2.75) is 5.16 Å². The van der Waals surface area contributed by atoms with E-state index in [1.165, 1.54) is 0 Å². The van der Waals surface area contributed by atoms with Gasteiger partial charge in [0.1, 0.15) is 0 Å². The number of halogens is 2. The maximum absolute atomic E-state index is 5.50. The maximum Gasteiger partial charge on any atom is 0.187 e. The van der Waals surface area contributed by atoms with Crippen molar-refractivity contribution in [2.75, 3.05) is 11.6 Å². The summed E-state index contributed by atoms with van der Waals surface area (Å²) in [5.41, 5.74) is 0. The summed E-state index contributed by atoms with van der Waals surface area (Å²) < 4.78 is 0.896. The van der Waals surface area contributed by atoms with E-state index in [4.69, 9.17) is 11.6 Å². The van der Waals surface area contributed by atoms with Crippen molar-refractivity contribution < 1.29 is 0 Å². The van der Waals surface area contributed by atoms with Gasteiger partial charge in [0.15, 0.2) is 5.16 Å². The number of hydrogen-bond donors (Lipinski definition) is 0. The molecule has 0 bridgehead atoms. The van der Waals surface area contributed by atoms with Gasteiger partial charge in [-0.2, -0.15) is 0 Å². The van der Waals surface area contributed by atoms with Gasteiger partial charge in [-0.05, 0) is 15.9 Å². The first-order chi connectivity index (χ1) is 5.33. The molecule has 0 aliphatic carbocycles. The zero-order chi connectivity index (χ0) is 8.10. The van der Waals surface area contributed by atoms with E-state index in [2.05, 4.69) is 25.9 Å². The second-order valence-corrected chi connectivity index (χ2v) is 4.08. The van der Waals surface area contributed by atoms with Crippen LogP contribution >= 0.6 is 39.3 Å². The van der Waals surface area contributed by atoms with Gasteiger partial charge in [0, 0.05) is 24.0 Å². The molecule has 0 amide bonds. The standard InChI is InChI=1S/C6H6BrClN2S/c7-5-3-9-6(10-4-5)11-2-1-8/h3-4H,1-2H2. The third-order valence-electron chi connectivity index (χ3n) is 0.905. The van der Waals surface area contributed by atoms with Gasteiger partial charge < -0.3 is 0 Å². The van der Waals surface area contributed by atoms with Gasteiger partial charge in [0.25, 0.3) is 0 Å². The Morgan fingerprint density at radius 1 is 1.45 bits per heavy atom. The number of hydrogen-bond acceptors (Lipinski definition) is 3. The van der Waals surface area contributed by atoms with Gasteiger partial charge in [-0.15, -0.1) is 11.6 Å². The van der Waals surface area contributed by atoms with Crippen molar-refractivity contribution in [1.82, 2.24) is 9.97 Å². The molecule has 60 valence electrons. The third kappa shape index (κ3) is 3.40. The van der Waals surface area contributed by atoms with Crippen molar-refractivity contribution in [1.29, 1.82) is 0 Å². The van der Waals surface area contributed by atoms with Crippen LogP contribution in [0.4, 0.5) is 0 Å². The smallest absolute Gasteiger partial charge is 0.187 e. The molecule has 0 saturated heterocycles. The lowest BCUT2D eigenvalue weighted by atomic mass is 10.7. The first-order valence-electron chi connectivity index (χ1n) is 2.99. The minimum Gasteiger partial charge on any atom is -0.230 e. The highest BCUT2D eigenvalue weighted by atomic mass is 79.9. The Hall–Kier alpha value is 0.200. The molecule has 0 atom stereocenters. The molecule has 1 aromatic rings. The molecule has 0 aromatic carbocycles. The first-order valence-corrected chi connectivity index (χ1v) is 5.30. The fraction of sp³-hybridized carbons (Fsp3) is 0.333. The topological polar surface area (TPSA) is 25.8 Å². The van der Waals surface area contributed by atoms with E-state index < -0.39 is 0 Å². The number of rotatable bonds is 3. The van der Waals surface area contributed by atoms with Gasteiger partial charge in [-0.3, -0.25) is 0 Å². The second-order valence-electron chi connectivity index (χ2n) is 1.72. The summed E-state index contributed by atoms with van der Waals surface area (Å²) in [7, 11) is 0. The molecule has 0 saturated carbocycles. The molecule has 0 unspecified atom stereocenters. The summed E-state index contributed by atoms with van der Waals surface area (Å²) in [5, 5.41) is 0.772. The van der Waals surface area contributed by atoms with E-state index in [-0.39, 0.29) is 0 Å². The molecular formula is C6H6BrClN2S. The van der Waals surface area contributed by atoms with E-state index in [0.717, 1.165) is 15.4 Å². The lowest BCUT2D eigenvalue weighted by Gasteiger charge is -1.95. The maximum atomic E-state index is 5.50. The van der Waals surface area contributed by atoms with E-state index in [1.54, 1.807) is 24.2 Å². The molecule has 1 rings (SSSR count). The highest BCUT2D eigenvalue weighted by Crippen LogP contribution is 2.13. The minimum atomic E-state index is 0.629. The van der Waals surface area contributed by atoms with Crippen LogP contribution in [0.25, 0.3) is 0 Å². The molecule has 0 fully saturated rings. The molecule has 11 heavy (non-hydrogen) atoms. The average Bonchev–Trinajstić information content (AvgIpc) is 2.04. The number of thioether (sulfide) groups is 1. The van der Waals surface area contributed by atoms with Crippen LogP contribution in [0.3, 0.4) is 0 Å². The summed E-state index contributed by atoms with van der Waals surface area (Å²) in [4.78, 5) is 8.12. The van der Waals surface area contributed by atoms with Gasteiger partial charge in [0.05, 0.1) is 4.47 Å². The molecule has 0 aliphatic heterocycles. The van der Waals surface area contributed by atoms with Gasteiger partial charge >= 0.3 is 0 Å². The summed E-state index contributed by atoms with van der Waals surface area (Å²) in [5.74, 6) is 1.48. The number of alkyl halides is 1. The fourth-order valence-electron chi connectivity index (χ4n) is 0.505. The largest absolute Gasteiger partial charge is 0.230 e. The molecule has 0 spiro atoms. The van der Waals surface area contributed by atoms with Crippen LogP contribution in [0.1, 0.15) is 0 Å². The Kier molecular flexibility index (Phi) is 4.18. The molecule has 0 radical (unpaired) electrons. The quantitative estimate of drug-likeness (QED) is 0.470.